The van der Waals surface area contributed by atoms with Gasteiger partial charge in [-0.15, -0.1) is 0 Å². The summed E-state index contributed by atoms with van der Waals surface area (Å²) in [6, 6.07) is 1.49. The molecule has 18 heavy (non-hydrogen) atoms. The summed E-state index contributed by atoms with van der Waals surface area (Å²) in [4.78, 5) is 33.2. The van der Waals surface area contributed by atoms with Crippen LogP contribution in [0.2, 0.25) is 0 Å². The molecular weight excluding hydrogens is 240 g/mol. The Morgan fingerprint density at radius 1 is 1.22 bits per heavy atom. The second kappa shape index (κ2) is 6.38. The van der Waals surface area contributed by atoms with Crippen molar-refractivity contribution in [3.05, 3.63) is 11.8 Å². The molecule has 0 fully saturated rings. The first-order valence-corrected chi connectivity index (χ1v) is 5.26. The third-order valence-corrected chi connectivity index (χ3v) is 1.86. The van der Waals surface area contributed by atoms with Crippen molar-refractivity contribution in [3.63, 3.8) is 0 Å². The number of hydrogen-bond acceptors (Lipinski definition) is 5. The molecule has 8 nitrogen and oxygen atoms in total. The molecular formula is C10H14N4O4. The average Bonchev–Trinajstić information content (AvgIpc) is 2.69. The zero-order chi connectivity index (χ0) is 13.5. The SMILES string of the molecule is CC(=O)NCCNC(=O)C(=O)Nc1cc(C)on1. The predicted molar refractivity (Wildman–Crippen MR) is 61.6 cm³/mol. The lowest BCUT2D eigenvalue weighted by Gasteiger charge is -2.04. The summed E-state index contributed by atoms with van der Waals surface area (Å²) < 4.78 is 4.73. The highest BCUT2D eigenvalue weighted by Crippen LogP contribution is 2.06. The topological polar surface area (TPSA) is 113 Å². The average molecular weight is 254 g/mol. The first-order chi connectivity index (χ1) is 8.49. The summed E-state index contributed by atoms with van der Waals surface area (Å²) in [6.07, 6.45) is 0. The molecule has 0 atom stereocenters. The second-order valence-corrected chi connectivity index (χ2v) is 3.52. The molecule has 0 spiro atoms. The Morgan fingerprint density at radius 2 is 1.89 bits per heavy atom. The van der Waals surface area contributed by atoms with Crippen LogP contribution in [0, 0.1) is 6.92 Å². The molecule has 0 bridgehead atoms. The molecule has 3 N–H and O–H groups in total. The molecule has 1 heterocycles. The fourth-order valence-electron chi connectivity index (χ4n) is 1.09. The van der Waals surface area contributed by atoms with Gasteiger partial charge in [0, 0.05) is 26.1 Å². The minimum atomic E-state index is -0.842. The van der Waals surface area contributed by atoms with E-state index >= 15 is 0 Å². The Kier molecular flexibility index (Phi) is 4.85. The molecule has 1 aromatic heterocycles. The van der Waals surface area contributed by atoms with E-state index in [1.165, 1.54) is 13.0 Å². The lowest BCUT2D eigenvalue weighted by atomic mass is 10.4. The summed E-state index contributed by atoms with van der Waals surface area (Å²) in [5.41, 5.74) is 0. The smallest absolute Gasteiger partial charge is 0.314 e. The quantitative estimate of drug-likeness (QED) is 0.479. The van der Waals surface area contributed by atoms with Crippen LogP contribution >= 0.6 is 0 Å². The third kappa shape index (κ3) is 4.64. The molecule has 0 saturated heterocycles. The molecule has 8 heteroatoms. The molecule has 0 aliphatic rings. The minimum absolute atomic E-state index is 0.170. The maximum atomic E-state index is 11.4. The van der Waals surface area contributed by atoms with Gasteiger partial charge >= 0.3 is 11.8 Å². The maximum absolute atomic E-state index is 11.4. The van der Waals surface area contributed by atoms with Gasteiger partial charge in [0.15, 0.2) is 5.82 Å². The van der Waals surface area contributed by atoms with E-state index in [1.807, 2.05) is 0 Å². The number of nitrogens with zero attached hydrogens (tertiary/aromatic N) is 1. The molecule has 0 aliphatic carbocycles. The Hall–Kier alpha value is -2.38. The Labute approximate surface area is 103 Å². The van der Waals surface area contributed by atoms with E-state index in [0.29, 0.717) is 5.76 Å². The van der Waals surface area contributed by atoms with Crippen molar-refractivity contribution in [2.45, 2.75) is 13.8 Å². The Morgan fingerprint density at radius 3 is 2.44 bits per heavy atom. The highest BCUT2D eigenvalue weighted by atomic mass is 16.5. The first-order valence-electron chi connectivity index (χ1n) is 5.26. The van der Waals surface area contributed by atoms with Crippen LogP contribution in [0.1, 0.15) is 12.7 Å². The highest BCUT2D eigenvalue weighted by molar-refractivity contribution is 6.39. The van der Waals surface area contributed by atoms with Gasteiger partial charge in [-0.2, -0.15) is 0 Å². The fraction of sp³-hybridized carbons (Fsp3) is 0.400. The van der Waals surface area contributed by atoms with Crippen molar-refractivity contribution in [2.24, 2.45) is 0 Å². The zero-order valence-corrected chi connectivity index (χ0v) is 10.1. The van der Waals surface area contributed by atoms with Gasteiger partial charge in [0.2, 0.25) is 5.91 Å². The van der Waals surface area contributed by atoms with Gasteiger partial charge in [-0.3, -0.25) is 19.7 Å². The van der Waals surface area contributed by atoms with Gasteiger partial charge < -0.3 is 15.2 Å². The van der Waals surface area contributed by atoms with Gasteiger partial charge in [0.1, 0.15) is 5.76 Å². The highest BCUT2D eigenvalue weighted by Gasteiger charge is 2.14. The second-order valence-electron chi connectivity index (χ2n) is 3.52. The van der Waals surface area contributed by atoms with Crippen molar-refractivity contribution in [2.75, 3.05) is 18.4 Å². The van der Waals surface area contributed by atoms with Crippen LogP contribution in [0.5, 0.6) is 0 Å². The maximum Gasteiger partial charge on any atom is 0.314 e. The number of hydrogen-bond donors (Lipinski definition) is 3. The van der Waals surface area contributed by atoms with E-state index in [-0.39, 0.29) is 24.8 Å². The lowest BCUT2D eigenvalue weighted by molar-refractivity contribution is -0.136. The zero-order valence-electron chi connectivity index (χ0n) is 10.1. The number of carbonyl (C=O) groups is 3. The van der Waals surface area contributed by atoms with E-state index in [2.05, 4.69) is 21.1 Å². The van der Waals surface area contributed by atoms with Crippen LogP contribution in [-0.2, 0) is 14.4 Å². The van der Waals surface area contributed by atoms with Gasteiger partial charge in [0.25, 0.3) is 0 Å². The predicted octanol–water partition coefficient (Wildman–Crippen LogP) is -0.826. The number of nitrogens with one attached hydrogen (secondary N) is 3. The van der Waals surface area contributed by atoms with E-state index in [1.54, 1.807) is 6.92 Å². The van der Waals surface area contributed by atoms with E-state index in [0.717, 1.165) is 0 Å². The first kappa shape index (κ1) is 13.7. The van der Waals surface area contributed by atoms with Crippen molar-refractivity contribution in [3.8, 4) is 0 Å². The normalized spacial score (nSPS) is 9.67. The van der Waals surface area contributed by atoms with E-state index in [4.69, 9.17) is 4.52 Å². The molecule has 0 saturated carbocycles. The number of anilines is 1. The van der Waals surface area contributed by atoms with Crippen molar-refractivity contribution in [1.82, 2.24) is 15.8 Å². The Balaban J connectivity index is 2.29. The van der Waals surface area contributed by atoms with Gasteiger partial charge in [-0.1, -0.05) is 5.16 Å². The standard InChI is InChI=1S/C10H14N4O4/c1-6-5-8(14-18-6)13-10(17)9(16)12-4-3-11-7(2)15/h5H,3-4H2,1-2H3,(H,11,15)(H,12,16)(H,13,14,17). The van der Waals surface area contributed by atoms with Crippen molar-refractivity contribution < 1.29 is 18.9 Å². The molecule has 0 aromatic carbocycles. The monoisotopic (exact) mass is 254 g/mol. The fourth-order valence-corrected chi connectivity index (χ4v) is 1.09. The van der Waals surface area contributed by atoms with Gasteiger partial charge in [-0.25, -0.2) is 0 Å². The van der Waals surface area contributed by atoms with E-state index in [9.17, 15) is 14.4 Å². The minimum Gasteiger partial charge on any atom is -0.360 e. The van der Waals surface area contributed by atoms with Crippen LogP contribution in [-0.4, -0.2) is 36.0 Å². The van der Waals surface area contributed by atoms with Crippen LogP contribution in [0.3, 0.4) is 0 Å². The summed E-state index contributed by atoms with van der Waals surface area (Å²) in [5, 5.41) is 10.6. The third-order valence-electron chi connectivity index (χ3n) is 1.86. The van der Waals surface area contributed by atoms with Crippen LogP contribution in [0.15, 0.2) is 10.6 Å². The van der Waals surface area contributed by atoms with Crippen molar-refractivity contribution >= 4 is 23.5 Å². The molecule has 0 radical (unpaired) electrons. The summed E-state index contributed by atoms with van der Waals surface area (Å²) in [5.74, 6) is -1.15. The molecule has 0 unspecified atom stereocenters. The van der Waals surface area contributed by atoms with Gasteiger partial charge in [0.05, 0.1) is 0 Å². The Bertz CT molecular complexity index is 454. The summed E-state index contributed by atoms with van der Waals surface area (Å²) in [6.45, 7) is 3.46. The largest absolute Gasteiger partial charge is 0.360 e. The lowest BCUT2D eigenvalue weighted by Crippen LogP contribution is -2.39. The molecule has 3 amide bonds. The van der Waals surface area contributed by atoms with Gasteiger partial charge in [-0.05, 0) is 6.92 Å². The van der Waals surface area contributed by atoms with Crippen molar-refractivity contribution in [1.29, 1.82) is 0 Å². The number of aryl methyl sites for hydroxylation is 1. The molecule has 1 aromatic rings. The van der Waals surface area contributed by atoms with Crippen LogP contribution in [0.25, 0.3) is 0 Å². The number of rotatable bonds is 4. The van der Waals surface area contributed by atoms with Crippen LogP contribution in [0.4, 0.5) is 5.82 Å². The molecule has 1 rings (SSSR count). The summed E-state index contributed by atoms with van der Waals surface area (Å²) in [7, 11) is 0. The number of carbonyl (C=O) groups excluding carboxylic acids is 3. The molecule has 0 aliphatic heterocycles. The summed E-state index contributed by atoms with van der Waals surface area (Å²) >= 11 is 0. The number of amides is 3. The number of aromatic nitrogens is 1. The molecule has 98 valence electrons. The van der Waals surface area contributed by atoms with Crippen LogP contribution < -0.4 is 16.0 Å². The van der Waals surface area contributed by atoms with E-state index < -0.39 is 11.8 Å².